The van der Waals surface area contributed by atoms with E-state index in [0.29, 0.717) is 12.1 Å². The van der Waals surface area contributed by atoms with Crippen molar-refractivity contribution >= 4 is 0 Å². The van der Waals surface area contributed by atoms with Gasteiger partial charge in [-0.2, -0.15) is 0 Å². The lowest BCUT2D eigenvalue weighted by molar-refractivity contribution is 0.218. The first-order valence-electron chi connectivity index (χ1n) is 5.44. The Kier molecular flexibility index (Phi) is 3.92. The van der Waals surface area contributed by atoms with Gasteiger partial charge in [-0.05, 0) is 30.7 Å². The summed E-state index contributed by atoms with van der Waals surface area (Å²) in [4.78, 5) is 2.08. The number of phenols is 1. The predicted octanol–water partition coefficient (Wildman–Crippen LogP) is 3.01. The van der Waals surface area contributed by atoms with Crippen LogP contribution in [0.2, 0.25) is 0 Å². The highest BCUT2D eigenvalue weighted by atomic mass is 19.1. The van der Waals surface area contributed by atoms with E-state index in [2.05, 4.69) is 25.7 Å². The highest BCUT2D eigenvalue weighted by Crippen LogP contribution is 2.21. The van der Waals surface area contributed by atoms with Crippen molar-refractivity contribution in [3.05, 3.63) is 29.6 Å². The van der Waals surface area contributed by atoms with Crippen molar-refractivity contribution < 1.29 is 9.50 Å². The molecule has 0 radical (unpaired) electrons. The van der Waals surface area contributed by atoms with Gasteiger partial charge in [0.15, 0.2) is 0 Å². The molecule has 0 atom stereocenters. The molecule has 0 fully saturated rings. The van der Waals surface area contributed by atoms with Crippen molar-refractivity contribution in [1.29, 1.82) is 0 Å². The Bertz CT molecular complexity index is 357. The molecule has 1 aromatic rings. The molecule has 1 rings (SSSR count). The summed E-state index contributed by atoms with van der Waals surface area (Å²) in [7, 11) is 1.97. The molecule has 0 spiro atoms. The molecule has 0 bridgehead atoms. The minimum Gasteiger partial charge on any atom is -0.508 e. The maximum absolute atomic E-state index is 13.0. The number of benzene rings is 1. The van der Waals surface area contributed by atoms with Crippen LogP contribution < -0.4 is 0 Å². The Morgan fingerprint density at radius 1 is 1.31 bits per heavy atom. The monoisotopic (exact) mass is 225 g/mol. The summed E-state index contributed by atoms with van der Waals surface area (Å²) in [6.07, 6.45) is 0. The van der Waals surface area contributed by atoms with E-state index < -0.39 is 0 Å². The maximum Gasteiger partial charge on any atom is 0.123 e. The average Bonchev–Trinajstić information content (AvgIpc) is 2.08. The van der Waals surface area contributed by atoms with Crippen molar-refractivity contribution in [3.63, 3.8) is 0 Å². The smallest absolute Gasteiger partial charge is 0.123 e. The van der Waals surface area contributed by atoms with Crippen LogP contribution in [0.25, 0.3) is 0 Å². The van der Waals surface area contributed by atoms with Gasteiger partial charge >= 0.3 is 0 Å². The van der Waals surface area contributed by atoms with Crippen LogP contribution in [0.1, 0.15) is 26.3 Å². The van der Waals surface area contributed by atoms with Crippen LogP contribution in [-0.4, -0.2) is 23.6 Å². The fourth-order valence-electron chi connectivity index (χ4n) is 1.84. The number of nitrogens with zero attached hydrogens (tertiary/aromatic N) is 1. The quantitative estimate of drug-likeness (QED) is 0.854. The lowest BCUT2D eigenvalue weighted by Crippen LogP contribution is -2.28. The fraction of sp³-hybridized carbons (Fsp3) is 0.538. The Hall–Kier alpha value is -1.09. The highest BCUT2D eigenvalue weighted by molar-refractivity contribution is 5.32. The third kappa shape index (κ3) is 4.19. The summed E-state index contributed by atoms with van der Waals surface area (Å²) in [5.41, 5.74) is 0.823. The van der Waals surface area contributed by atoms with Gasteiger partial charge in [-0.3, -0.25) is 0 Å². The summed E-state index contributed by atoms with van der Waals surface area (Å²) < 4.78 is 13.0. The Balaban J connectivity index is 2.69. The highest BCUT2D eigenvalue weighted by Gasteiger charge is 2.14. The molecular weight excluding hydrogens is 205 g/mol. The van der Waals surface area contributed by atoms with Gasteiger partial charge in [-0.1, -0.05) is 20.8 Å². The van der Waals surface area contributed by atoms with Gasteiger partial charge in [0.25, 0.3) is 0 Å². The normalized spacial score (nSPS) is 12.1. The zero-order valence-electron chi connectivity index (χ0n) is 10.4. The van der Waals surface area contributed by atoms with E-state index in [1.54, 1.807) is 0 Å². The first-order chi connectivity index (χ1) is 7.28. The molecule has 0 saturated heterocycles. The van der Waals surface area contributed by atoms with Crippen LogP contribution in [0, 0.1) is 11.2 Å². The SMILES string of the molecule is CN(Cc1cc(F)ccc1O)CC(C)(C)C. The van der Waals surface area contributed by atoms with Crippen LogP contribution >= 0.6 is 0 Å². The number of hydrogen-bond acceptors (Lipinski definition) is 2. The van der Waals surface area contributed by atoms with Gasteiger partial charge in [-0.15, -0.1) is 0 Å². The molecule has 0 aliphatic heterocycles. The van der Waals surface area contributed by atoms with E-state index in [4.69, 9.17) is 0 Å². The largest absolute Gasteiger partial charge is 0.508 e. The van der Waals surface area contributed by atoms with Crippen LogP contribution in [-0.2, 0) is 6.54 Å². The number of hydrogen-bond donors (Lipinski definition) is 1. The first kappa shape index (κ1) is 13.0. The van der Waals surface area contributed by atoms with Crippen molar-refractivity contribution in [2.24, 2.45) is 5.41 Å². The second-order valence-corrected chi connectivity index (χ2v) is 5.51. The molecule has 0 aliphatic carbocycles. The van der Waals surface area contributed by atoms with Crippen molar-refractivity contribution in [2.45, 2.75) is 27.3 Å². The molecule has 0 aliphatic rings. The summed E-state index contributed by atoms with van der Waals surface area (Å²) in [6, 6.07) is 4.05. The van der Waals surface area contributed by atoms with Crippen molar-refractivity contribution in [2.75, 3.05) is 13.6 Å². The zero-order chi connectivity index (χ0) is 12.3. The molecule has 90 valence electrons. The van der Waals surface area contributed by atoms with E-state index in [1.807, 2.05) is 7.05 Å². The topological polar surface area (TPSA) is 23.5 Å². The van der Waals surface area contributed by atoms with Crippen molar-refractivity contribution in [3.8, 4) is 5.75 Å². The molecule has 0 aromatic heterocycles. The lowest BCUT2D eigenvalue weighted by atomic mass is 9.96. The molecule has 0 unspecified atom stereocenters. The minimum atomic E-state index is -0.308. The summed E-state index contributed by atoms with van der Waals surface area (Å²) in [5.74, 6) is -0.154. The Morgan fingerprint density at radius 2 is 1.94 bits per heavy atom. The van der Waals surface area contributed by atoms with E-state index in [1.165, 1.54) is 18.2 Å². The molecule has 0 saturated carbocycles. The molecule has 3 heteroatoms. The molecular formula is C13H20FNO. The van der Waals surface area contributed by atoms with Gasteiger partial charge in [0, 0.05) is 18.7 Å². The zero-order valence-corrected chi connectivity index (χ0v) is 10.4. The third-order valence-corrected chi connectivity index (χ3v) is 2.23. The number of aromatic hydroxyl groups is 1. The predicted molar refractivity (Wildman–Crippen MR) is 63.9 cm³/mol. The van der Waals surface area contributed by atoms with Crippen LogP contribution in [0.15, 0.2) is 18.2 Å². The third-order valence-electron chi connectivity index (χ3n) is 2.23. The van der Waals surface area contributed by atoms with E-state index in [-0.39, 0.29) is 17.0 Å². The molecule has 0 amide bonds. The maximum atomic E-state index is 13.0. The second kappa shape index (κ2) is 4.83. The van der Waals surface area contributed by atoms with E-state index in [9.17, 15) is 9.50 Å². The number of phenolic OH excluding ortho intramolecular Hbond substituents is 1. The molecule has 2 nitrogen and oxygen atoms in total. The van der Waals surface area contributed by atoms with Crippen LogP contribution in [0.4, 0.5) is 4.39 Å². The Labute approximate surface area is 96.7 Å². The molecule has 1 N–H and O–H groups in total. The van der Waals surface area contributed by atoms with Crippen molar-refractivity contribution in [1.82, 2.24) is 4.90 Å². The molecule has 16 heavy (non-hydrogen) atoms. The number of rotatable bonds is 3. The van der Waals surface area contributed by atoms with Gasteiger partial charge < -0.3 is 10.0 Å². The second-order valence-electron chi connectivity index (χ2n) is 5.51. The van der Waals surface area contributed by atoms with E-state index in [0.717, 1.165) is 6.54 Å². The Morgan fingerprint density at radius 3 is 2.50 bits per heavy atom. The standard InChI is InChI=1S/C13H20FNO/c1-13(2,3)9-15(4)8-10-7-11(14)5-6-12(10)16/h5-7,16H,8-9H2,1-4H3. The minimum absolute atomic E-state index is 0.155. The van der Waals surface area contributed by atoms with Gasteiger partial charge in [-0.25, -0.2) is 4.39 Å². The number of halogens is 1. The molecule has 0 heterocycles. The fourth-order valence-corrected chi connectivity index (χ4v) is 1.84. The van der Waals surface area contributed by atoms with Gasteiger partial charge in [0.1, 0.15) is 11.6 Å². The summed E-state index contributed by atoms with van der Waals surface area (Å²) in [5, 5.41) is 9.59. The average molecular weight is 225 g/mol. The van der Waals surface area contributed by atoms with Crippen LogP contribution in [0.3, 0.4) is 0 Å². The van der Waals surface area contributed by atoms with Crippen LogP contribution in [0.5, 0.6) is 5.75 Å². The lowest BCUT2D eigenvalue weighted by Gasteiger charge is -2.26. The summed E-state index contributed by atoms with van der Waals surface area (Å²) >= 11 is 0. The molecule has 1 aromatic carbocycles. The first-order valence-corrected chi connectivity index (χ1v) is 5.44. The van der Waals surface area contributed by atoms with E-state index >= 15 is 0 Å². The summed E-state index contributed by atoms with van der Waals surface area (Å²) in [6.45, 7) is 7.89. The van der Waals surface area contributed by atoms with Gasteiger partial charge in [0.2, 0.25) is 0 Å². The van der Waals surface area contributed by atoms with Gasteiger partial charge in [0.05, 0.1) is 0 Å².